The number of sulfonamides is 2. The van der Waals surface area contributed by atoms with Crippen LogP contribution in [0.1, 0.15) is 20.8 Å². The number of ether oxygens (including phenoxy) is 1. The molecule has 1 aromatic carbocycles. The van der Waals surface area contributed by atoms with Crippen LogP contribution in [0.5, 0.6) is 5.75 Å². The average Bonchev–Trinajstić information content (AvgIpc) is 2.53. The summed E-state index contributed by atoms with van der Waals surface area (Å²) in [5, 5.41) is 0. The van der Waals surface area contributed by atoms with Gasteiger partial charge in [0.15, 0.2) is 0 Å². The summed E-state index contributed by atoms with van der Waals surface area (Å²) in [5.41, 5.74) is 5.53. The van der Waals surface area contributed by atoms with Crippen molar-refractivity contribution in [3.63, 3.8) is 0 Å². The van der Waals surface area contributed by atoms with E-state index in [1.807, 2.05) is 13.8 Å². The molecule has 0 atom stereocenters. The highest BCUT2D eigenvalue weighted by Crippen LogP contribution is 2.30. The Morgan fingerprint density at radius 2 is 1.84 bits per heavy atom. The molecule has 25 heavy (non-hydrogen) atoms. The molecule has 3 N–H and O–H groups in total. The quantitative estimate of drug-likeness (QED) is 0.647. The van der Waals surface area contributed by atoms with Crippen LogP contribution in [0, 0.1) is 5.41 Å². The summed E-state index contributed by atoms with van der Waals surface area (Å²) in [6.07, 6.45) is 0. The summed E-state index contributed by atoms with van der Waals surface area (Å²) < 4.78 is 57.7. The lowest BCUT2D eigenvalue weighted by atomic mass is 9.94. The van der Waals surface area contributed by atoms with Gasteiger partial charge in [0.1, 0.15) is 10.6 Å². The maximum atomic E-state index is 12.8. The van der Waals surface area contributed by atoms with Crippen molar-refractivity contribution in [1.82, 2.24) is 4.31 Å². The van der Waals surface area contributed by atoms with Gasteiger partial charge in [0.05, 0.1) is 18.6 Å². The second-order valence-electron chi connectivity index (χ2n) is 6.50. The normalized spacial score (nSPS) is 13.1. The number of rotatable bonds is 9. The number of anilines is 1. The summed E-state index contributed by atoms with van der Waals surface area (Å²) in [4.78, 5) is -0.0373. The molecule has 0 saturated carbocycles. The highest BCUT2D eigenvalue weighted by atomic mass is 32.2. The molecule has 0 aliphatic rings. The van der Waals surface area contributed by atoms with Gasteiger partial charge >= 0.3 is 0 Å². The van der Waals surface area contributed by atoms with Gasteiger partial charge in [-0.2, -0.15) is 0 Å². The van der Waals surface area contributed by atoms with Crippen LogP contribution in [0.2, 0.25) is 0 Å². The third-order valence-corrected chi connectivity index (χ3v) is 6.86. The van der Waals surface area contributed by atoms with E-state index in [-0.39, 0.29) is 34.0 Å². The van der Waals surface area contributed by atoms with E-state index in [2.05, 4.69) is 4.72 Å². The first-order valence-corrected chi connectivity index (χ1v) is 10.8. The zero-order chi connectivity index (χ0) is 19.5. The van der Waals surface area contributed by atoms with Gasteiger partial charge in [-0.15, -0.1) is 0 Å². The van der Waals surface area contributed by atoms with Gasteiger partial charge in [-0.25, -0.2) is 21.1 Å². The van der Waals surface area contributed by atoms with Gasteiger partial charge in [0.25, 0.3) is 0 Å². The number of hydrogen-bond acceptors (Lipinski definition) is 6. The fourth-order valence-corrected chi connectivity index (χ4v) is 4.24. The van der Waals surface area contributed by atoms with Gasteiger partial charge in [-0.05, 0) is 31.0 Å². The fraction of sp³-hybridized carbons (Fsp3) is 0.600. The number of hydrogen-bond donors (Lipinski definition) is 2. The minimum absolute atomic E-state index is 0.0373. The molecule has 0 aliphatic heterocycles. The van der Waals surface area contributed by atoms with Gasteiger partial charge in [0, 0.05) is 19.7 Å². The largest absolute Gasteiger partial charge is 0.495 e. The molecule has 0 aliphatic carbocycles. The Morgan fingerprint density at radius 3 is 2.32 bits per heavy atom. The zero-order valence-electron chi connectivity index (χ0n) is 15.2. The Balaban J connectivity index is 3.24. The van der Waals surface area contributed by atoms with E-state index < -0.39 is 20.0 Å². The number of nitrogens with one attached hydrogen (secondary N) is 1. The van der Waals surface area contributed by atoms with E-state index >= 15 is 0 Å². The molecular formula is C15H27N3O5S2. The monoisotopic (exact) mass is 393 g/mol. The van der Waals surface area contributed by atoms with Crippen molar-refractivity contribution in [3.05, 3.63) is 18.2 Å². The highest BCUT2D eigenvalue weighted by Gasteiger charge is 2.29. The summed E-state index contributed by atoms with van der Waals surface area (Å²) in [7, 11) is -4.48. The van der Waals surface area contributed by atoms with Crippen LogP contribution in [0.15, 0.2) is 23.1 Å². The van der Waals surface area contributed by atoms with Gasteiger partial charge < -0.3 is 10.5 Å². The van der Waals surface area contributed by atoms with E-state index in [1.54, 1.807) is 0 Å². The zero-order valence-corrected chi connectivity index (χ0v) is 16.9. The van der Waals surface area contributed by atoms with E-state index in [1.165, 1.54) is 43.6 Å². The summed E-state index contributed by atoms with van der Waals surface area (Å²) in [5.74, 6) is -0.0274. The average molecular weight is 394 g/mol. The Kier molecular flexibility index (Phi) is 6.85. The number of nitrogens with two attached hydrogens (primary N) is 1. The van der Waals surface area contributed by atoms with Crippen LogP contribution < -0.4 is 15.2 Å². The standard InChI is InChI=1S/C15H27N3O5S2/c1-6-24(19,20)17-12-7-8-14(13(9-12)23-5)25(21,22)18(4)11-15(2,3)10-16/h7-9,17H,6,10-11,16H2,1-5H3. The van der Waals surface area contributed by atoms with Crippen molar-refractivity contribution in [3.8, 4) is 5.75 Å². The predicted octanol–water partition coefficient (Wildman–Crippen LogP) is 1.06. The molecule has 144 valence electrons. The molecule has 0 bridgehead atoms. The molecule has 1 aromatic rings. The summed E-state index contributed by atoms with van der Waals surface area (Å²) in [6.45, 7) is 5.82. The first-order valence-electron chi connectivity index (χ1n) is 7.73. The molecular weight excluding hydrogens is 366 g/mol. The maximum Gasteiger partial charge on any atom is 0.246 e. The van der Waals surface area contributed by atoms with Crippen molar-refractivity contribution in [1.29, 1.82) is 0 Å². The SMILES string of the molecule is CCS(=O)(=O)Nc1ccc(S(=O)(=O)N(C)CC(C)(C)CN)c(OC)c1. The number of benzene rings is 1. The van der Waals surface area contributed by atoms with Crippen molar-refractivity contribution in [2.45, 2.75) is 25.7 Å². The van der Waals surface area contributed by atoms with Crippen LogP contribution in [0.25, 0.3) is 0 Å². The topological polar surface area (TPSA) is 119 Å². The van der Waals surface area contributed by atoms with Crippen LogP contribution in [0.4, 0.5) is 5.69 Å². The van der Waals surface area contributed by atoms with Crippen LogP contribution in [-0.4, -0.2) is 54.1 Å². The van der Waals surface area contributed by atoms with Crippen LogP contribution in [-0.2, 0) is 20.0 Å². The van der Waals surface area contributed by atoms with E-state index in [0.29, 0.717) is 6.54 Å². The second kappa shape index (κ2) is 7.90. The van der Waals surface area contributed by atoms with Crippen molar-refractivity contribution >= 4 is 25.7 Å². The Bertz CT molecular complexity index is 804. The van der Waals surface area contributed by atoms with Crippen LogP contribution >= 0.6 is 0 Å². The molecule has 0 amide bonds. The van der Waals surface area contributed by atoms with Crippen molar-refractivity contribution in [2.75, 3.05) is 37.7 Å². The van der Waals surface area contributed by atoms with Crippen LogP contribution in [0.3, 0.4) is 0 Å². The third-order valence-electron chi connectivity index (χ3n) is 3.71. The first-order chi connectivity index (χ1) is 11.4. The first kappa shape index (κ1) is 21.7. The lowest BCUT2D eigenvalue weighted by Crippen LogP contribution is -2.39. The summed E-state index contributed by atoms with van der Waals surface area (Å²) in [6, 6.07) is 4.07. The summed E-state index contributed by atoms with van der Waals surface area (Å²) >= 11 is 0. The lowest BCUT2D eigenvalue weighted by molar-refractivity contribution is 0.291. The van der Waals surface area contributed by atoms with Crippen molar-refractivity contribution in [2.24, 2.45) is 11.1 Å². The Morgan fingerprint density at radius 1 is 1.24 bits per heavy atom. The van der Waals surface area contributed by atoms with E-state index in [0.717, 1.165) is 0 Å². The third kappa shape index (κ3) is 5.56. The molecule has 0 saturated heterocycles. The van der Waals surface area contributed by atoms with Gasteiger partial charge in [0.2, 0.25) is 20.0 Å². The number of methoxy groups -OCH3 is 1. The molecule has 10 heteroatoms. The minimum atomic E-state index is -3.82. The molecule has 0 aromatic heterocycles. The van der Waals surface area contributed by atoms with Crippen molar-refractivity contribution < 1.29 is 21.6 Å². The van der Waals surface area contributed by atoms with E-state index in [9.17, 15) is 16.8 Å². The Labute approximate surface area is 150 Å². The van der Waals surface area contributed by atoms with E-state index in [4.69, 9.17) is 10.5 Å². The van der Waals surface area contributed by atoms with Gasteiger partial charge in [-0.3, -0.25) is 4.72 Å². The number of nitrogens with zero attached hydrogens (tertiary/aromatic N) is 1. The smallest absolute Gasteiger partial charge is 0.246 e. The highest BCUT2D eigenvalue weighted by molar-refractivity contribution is 7.92. The fourth-order valence-electron chi connectivity index (χ4n) is 2.12. The molecule has 0 radical (unpaired) electrons. The van der Waals surface area contributed by atoms with Gasteiger partial charge in [-0.1, -0.05) is 13.8 Å². The molecule has 1 rings (SSSR count). The molecule has 8 nitrogen and oxygen atoms in total. The maximum absolute atomic E-state index is 12.8. The second-order valence-corrected chi connectivity index (χ2v) is 10.5. The Hall–Kier alpha value is -1.36. The molecule has 0 unspecified atom stereocenters. The minimum Gasteiger partial charge on any atom is -0.495 e. The molecule has 0 heterocycles. The molecule has 0 fully saturated rings. The lowest BCUT2D eigenvalue weighted by Gasteiger charge is -2.28. The molecule has 0 spiro atoms. The predicted molar refractivity (Wildman–Crippen MR) is 98.7 cm³/mol.